The number of ether oxygens (including phenoxy) is 1. The molecule has 22 heavy (non-hydrogen) atoms. The number of nitrogens with zero attached hydrogens (tertiary/aromatic N) is 2. The van der Waals surface area contributed by atoms with Crippen molar-refractivity contribution in [2.24, 2.45) is 11.8 Å². The minimum absolute atomic E-state index is 0.153. The van der Waals surface area contributed by atoms with Crippen molar-refractivity contribution in [3.05, 3.63) is 0 Å². The molecule has 2 rings (SSSR count). The lowest BCUT2D eigenvalue weighted by atomic mass is 9.97. The van der Waals surface area contributed by atoms with Crippen molar-refractivity contribution in [1.29, 1.82) is 0 Å². The van der Waals surface area contributed by atoms with Gasteiger partial charge in [-0.1, -0.05) is 13.8 Å². The Hall–Kier alpha value is -0.100. The molecule has 0 saturated carbocycles. The van der Waals surface area contributed by atoms with Crippen LogP contribution in [0.3, 0.4) is 0 Å². The number of rotatable bonds is 7. The minimum atomic E-state index is 0.153. The van der Waals surface area contributed by atoms with E-state index in [0.29, 0.717) is 29.7 Å². The fourth-order valence-electron chi connectivity index (χ4n) is 3.22. The smallest absolute Gasteiger partial charge is 0.149 e. The van der Waals surface area contributed by atoms with Crippen LogP contribution < -0.4 is 0 Å². The lowest BCUT2D eigenvalue weighted by Gasteiger charge is -2.32. The molecular formula is C17H32N2O2S. The van der Waals surface area contributed by atoms with E-state index in [9.17, 15) is 4.79 Å². The first kappa shape index (κ1) is 18.2. The van der Waals surface area contributed by atoms with Crippen molar-refractivity contribution in [3.63, 3.8) is 0 Å². The molecule has 2 unspecified atom stereocenters. The van der Waals surface area contributed by atoms with Crippen molar-refractivity contribution in [1.82, 2.24) is 9.80 Å². The number of piperidine rings is 1. The standard InChI is InChI=1S/C17H32N2O2S/c1-13(2)17(20)11-18-7-4-15(5-8-18)12-21-16-6-9-19(10-16)14(3)22/h13-16,22H,4-12H2,1-3H3. The summed E-state index contributed by atoms with van der Waals surface area (Å²) in [4.78, 5) is 16.5. The van der Waals surface area contributed by atoms with E-state index in [1.807, 2.05) is 13.8 Å². The highest BCUT2D eigenvalue weighted by Gasteiger charge is 2.27. The van der Waals surface area contributed by atoms with Crippen molar-refractivity contribution < 1.29 is 9.53 Å². The van der Waals surface area contributed by atoms with E-state index < -0.39 is 0 Å². The van der Waals surface area contributed by atoms with Crippen LogP contribution in [0.25, 0.3) is 0 Å². The number of ketones is 1. The van der Waals surface area contributed by atoms with Crippen LogP contribution in [-0.2, 0) is 9.53 Å². The fraction of sp³-hybridized carbons (Fsp3) is 0.941. The molecule has 2 aliphatic rings. The van der Waals surface area contributed by atoms with Crippen LogP contribution in [-0.4, -0.2) is 66.4 Å². The molecule has 0 aliphatic carbocycles. The minimum Gasteiger partial charge on any atom is -0.377 e. The Kier molecular flexibility index (Phi) is 7.19. The van der Waals surface area contributed by atoms with Gasteiger partial charge in [0.25, 0.3) is 0 Å². The zero-order valence-corrected chi connectivity index (χ0v) is 15.2. The molecule has 0 aromatic carbocycles. The summed E-state index contributed by atoms with van der Waals surface area (Å²) in [6.45, 7) is 11.8. The van der Waals surface area contributed by atoms with Crippen LogP contribution in [0.1, 0.15) is 40.0 Å². The van der Waals surface area contributed by atoms with Crippen molar-refractivity contribution in [2.75, 3.05) is 39.3 Å². The second-order valence-electron chi connectivity index (χ2n) is 7.21. The van der Waals surface area contributed by atoms with Gasteiger partial charge in [0.05, 0.1) is 12.6 Å². The topological polar surface area (TPSA) is 32.8 Å². The third-order valence-corrected chi connectivity index (χ3v) is 5.33. The van der Waals surface area contributed by atoms with Crippen LogP contribution in [0.2, 0.25) is 0 Å². The van der Waals surface area contributed by atoms with E-state index in [4.69, 9.17) is 4.74 Å². The van der Waals surface area contributed by atoms with Gasteiger partial charge in [-0.2, -0.15) is 12.6 Å². The first-order valence-electron chi connectivity index (χ1n) is 8.74. The fourth-order valence-corrected chi connectivity index (χ4v) is 3.43. The zero-order valence-electron chi connectivity index (χ0n) is 14.3. The number of Topliss-reactive ketones (excluding diaryl/α,β-unsaturated/α-hetero) is 1. The molecule has 0 aromatic heterocycles. The molecule has 128 valence electrons. The van der Waals surface area contributed by atoms with Gasteiger partial charge in [-0.05, 0) is 45.2 Å². The highest BCUT2D eigenvalue weighted by Crippen LogP contribution is 2.21. The molecule has 2 heterocycles. The van der Waals surface area contributed by atoms with Gasteiger partial charge in [0, 0.05) is 31.0 Å². The van der Waals surface area contributed by atoms with Crippen LogP contribution >= 0.6 is 12.6 Å². The first-order chi connectivity index (χ1) is 10.5. The summed E-state index contributed by atoms with van der Waals surface area (Å²) < 4.78 is 6.12. The summed E-state index contributed by atoms with van der Waals surface area (Å²) in [6, 6.07) is 0. The van der Waals surface area contributed by atoms with Crippen molar-refractivity contribution >= 4 is 18.4 Å². The predicted molar refractivity (Wildman–Crippen MR) is 93.4 cm³/mol. The lowest BCUT2D eigenvalue weighted by molar-refractivity contribution is -0.123. The molecular weight excluding hydrogens is 296 g/mol. The largest absolute Gasteiger partial charge is 0.377 e. The molecule has 0 spiro atoms. The maximum atomic E-state index is 11.8. The highest BCUT2D eigenvalue weighted by molar-refractivity contribution is 7.80. The average Bonchev–Trinajstić information content (AvgIpc) is 2.95. The van der Waals surface area contributed by atoms with Gasteiger partial charge in [-0.3, -0.25) is 14.6 Å². The van der Waals surface area contributed by atoms with E-state index in [1.165, 1.54) is 0 Å². The normalized spacial score (nSPS) is 26.7. The number of likely N-dealkylation sites (tertiary alicyclic amines) is 2. The van der Waals surface area contributed by atoms with E-state index in [2.05, 4.69) is 29.4 Å². The summed E-state index contributed by atoms with van der Waals surface area (Å²) in [5.74, 6) is 1.18. The van der Waals surface area contributed by atoms with Gasteiger partial charge in [-0.15, -0.1) is 0 Å². The lowest BCUT2D eigenvalue weighted by Crippen LogP contribution is -2.39. The van der Waals surface area contributed by atoms with E-state index in [0.717, 1.165) is 52.0 Å². The summed E-state index contributed by atoms with van der Waals surface area (Å²) in [5.41, 5.74) is 0. The van der Waals surface area contributed by atoms with Crippen LogP contribution in [0.5, 0.6) is 0 Å². The number of hydrogen-bond acceptors (Lipinski definition) is 5. The average molecular weight is 329 g/mol. The number of thiol groups is 1. The van der Waals surface area contributed by atoms with Crippen LogP contribution in [0, 0.1) is 11.8 Å². The van der Waals surface area contributed by atoms with Crippen LogP contribution in [0.4, 0.5) is 0 Å². The molecule has 2 atom stereocenters. The molecule has 0 bridgehead atoms. The Morgan fingerprint density at radius 2 is 1.86 bits per heavy atom. The SMILES string of the molecule is CC(C)C(=O)CN1CCC(COC2CCN(C(C)S)C2)CC1. The molecule has 0 N–H and O–H groups in total. The number of carbonyl (C=O) groups is 1. The Morgan fingerprint density at radius 3 is 2.41 bits per heavy atom. The van der Waals surface area contributed by atoms with Gasteiger partial charge in [0.2, 0.25) is 0 Å². The molecule has 0 radical (unpaired) electrons. The quantitative estimate of drug-likeness (QED) is 0.727. The Balaban J connectivity index is 1.61. The van der Waals surface area contributed by atoms with Gasteiger partial charge >= 0.3 is 0 Å². The van der Waals surface area contributed by atoms with Gasteiger partial charge in [0.1, 0.15) is 5.78 Å². The van der Waals surface area contributed by atoms with E-state index in [-0.39, 0.29) is 5.92 Å². The zero-order chi connectivity index (χ0) is 16.1. The summed E-state index contributed by atoms with van der Waals surface area (Å²) in [7, 11) is 0. The predicted octanol–water partition coefficient (Wildman–Crippen LogP) is 2.29. The Bertz CT molecular complexity index is 355. The molecule has 4 nitrogen and oxygen atoms in total. The Labute approximate surface area is 141 Å². The Morgan fingerprint density at radius 1 is 1.18 bits per heavy atom. The molecule has 2 aliphatic heterocycles. The third kappa shape index (κ3) is 5.52. The summed E-state index contributed by atoms with van der Waals surface area (Å²) in [6.07, 6.45) is 3.83. The second kappa shape index (κ2) is 8.67. The summed E-state index contributed by atoms with van der Waals surface area (Å²) in [5, 5.41) is 0.329. The first-order valence-corrected chi connectivity index (χ1v) is 9.26. The molecule has 2 saturated heterocycles. The van der Waals surface area contributed by atoms with Gasteiger partial charge in [-0.25, -0.2) is 0 Å². The van der Waals surface area contributed by atoms with Crippen LogP contribution in [0.15, 0.2) is 0 Å². The second-order valence-corrected chi connectivity index (χ2v) is 7.96. The molecule has 0 amide bonds. The van der Waals surface area contributed by atoms with E-state index in [1.54, 1.807) is 0 Å². The maximum absolute atomic E-state index is 11.8. The molecule has 2 fully saturated rings. The summed E-state index contributed by atoms with van der Waals surface area (Å²) >= 11 is 4.49. The highest BCUT2D eigenvalue weighted by atomic mass is 32.1. The molecule has 5 heteroatoms. The molecule has 0 aromatic rings. The van der Waals surface area contributed by atoms with E-state index >= 15 is 0 Å². The third-order valence-electron chi connectivity index (χ3n) is 5.00. The van der Waals surface area contributed by atoms with Crippen molar-refractivity contribution in [2.45, 2.75) is 51.5 Å². The number of carbonyl (C=O) groups excluding carboxylic acids is 1. The number of hydrogen-bond donors (Lipinski definition) is 1. The van der Waals surface area contributed by atoms with Gasteiger partial charge < -0.3 is 4.74 Å². The van der Waals surface area contributed by atoms with Crippen molar-refractivity contribution in [3.8, 4) is 0 Å². The van der Waals surface area contributed by atoms with Gasteiger partial charge in [0.15, 0.2) is 0 Å². The maximum Gasteiger partial charge on any atom is 0.149 e. The monoisotopic (exact) mass is 328 g/mol.